The van der Waals surface area contributed by atoms with E-state index in [-0.39, 0.29) is 7.43 Å². The summed E-state index contributed by atoms with van der Waals surface area (Å²) in [7, 11) is 3.32. The minimum Gasteiger partial charge on any atom is -0.497 e. The Balaban J connectivity index is 0.000000324. The van der Waals surface area contributed by atoms with E-state index in [0.29, 0.717) is 0 Å². The van der Waals surface area contributed by atoms with Crippen molar-refractivity contribution in [2.75, 3.05) is 14.2 Å². The minimum atomic E-state index is 0. The minimum absolute atomic E-state index is 0. The van der Waals surface area contributed by atoms with Gasteiger partial charge in [0, 0.05) is 8.04 Å². The van der Waals surface area contributed by atoms with E-state index >= 15 is 0 Å². The van der Waals surface area contributed by atoms with Gasteiger partial charge in [0.15, 0.2) is 0 Å². The molecule has 0 fully saturated rings. The van der Waals surface area contributed by atoms with Crippen molar-refractivity contribution in [2.24, 2.45) is 0 Å². The highest BCUT2D eigenvalue weighted by Crippen LogP contribution is 2.16. The number of halogens is 2. The summed E-state index contributed by atoms with van der Waals surface area (Å²) < 4.78 is 12.2. The monoisotopic (exact) mass is 436 g/mol. The zero-order chi connectivity index (χ0) is 13.4. The summed E-state index contributed by atoms with van der Waals surface area (Å²) in [5.74, 6) is 1.79. The van der Waals surface area contributed by atoms with Crippen molar-refractivity contribution in [1.82, 2.24) is 0 Å². The van der Waals surface area contributed by atoms with Gasteiger partial charge in [-0.3, -0.25) is 0 Å². The van der Waals surface area contributed by atoms with Crippen LogP contribution in [-0.4, -0.2) is 14.2 Å². The van der Waals surface area contributed by atoms with Crippen LogP contribution in [0.15, 0.2) is 53.0 Å². The maximum Gasteiger partial charge on any atom is 0.119 e. The SMILES string of the molecule is C.COc1ccc(I)cc1.COc1cccc(Br)c1. The molecule has 19 heavy (non-hydrogen) atoms. The average Bonchev–Trinajstić information content (AvgIpc) is 2.40. The topological polar surface area (TPSA) is 18.5 Å². The highest BCUT2D eigenvalue weighted by Gasteiger charge is 1.88. The van der Waals surface area contributed by atoms with E-state index < -0.39 is 0 Å². The van der Waals surface area contributed by atoms with Crippen LogP contribution in [0.5, 0.6) is 11.5 Å². The molecule has 0 aromatic heterocycles. The Hall–Kier alpha value is -0.750. The summed E-state index contributed by atoms with van der Waals surface area (Å²) in [6.07, 6.45) is 0. The number of rotatable bonds is 2. The molecule has 0 N–H and O–H groups in total. The molecule has 0 saturated heterocycles. The van der Waals surface area contributed by atoms with E-state index in [1.54, 1.807) is 14.2 Å². The fourth-order valence-corrected chi connectivity index (χ4v) is 1.90. The van der Waals surface area contributed by atoms with Crippen LogP contribution in [0.3, 0.4) is 0 Å². The molecule has 2 nitrogen and oxygen atoms in total. The maximum atomic E-state index is 4.97. The molecule has 104 valence electrons. The Bertz CT molecular complexity index is 472. The molecule has 0 bridgehead atoms. The van der Waals surface area contributed by atoms with Gasteiger partial charge in [0.25, 0.3) is 0 Å². The number of ether oxygens (including phenoxy) is 2. The average molecular weight is 437 g/mol. The van der Waals surface area contributed by atoms with Gasteiger partial charge in [-0.15, -0.1) is 0 Å². The number of hydrogen-bond acceptors (Lipinski definition) is 2. The molecule has 0 radical (unpaired) electrons. The van der Waals surface area contributed by atoms with Crippen molar-refractivity contribution in [1.29, 1.82) is 0 Å². The van der Waals surface area contributed by atoms with Crippen molar-refractivity contribution in [3.63, 3.8) is 0 Å². The Labute approximate surface area is 137 Å². The van der Waals surface area contributed by atoms with Crippen molar-refractivity contribution in [3.8, 4) is 11.5 Å². The van der Waals surface area contributed by atoms with Crippen molar-refractivity contribution in [2.45, 2.75) is 7.43 Å². The van der Waals surface area contributed by atoms with Crippen LogP contribution in [0, 0.1) is 3.57 Å². The first kappa shape index (κ1) is 18.2. The summed E-state index contributed by atoms with van der Waals surface area (Å²) in [6, 6.07) is 15.6. The lowest BCUT2D eigenvalue weighted by Gasteiger charge is -1.96. The van der Waals surface area contributed by atoms with Crippen LogP contribution in [0.2, 0.25) is 0 Å². The van der Waals surface area contributed by atoms with Gasteiger partial charge in [-0.1, -0.05) is 29.4 Å². The molecule has 2 aromatic rings. The van der Waals surface area contributed by atoms with Gasteiger partial charge in [-0.05, 0) is 65.1 Å². The third-order valence-corrected chi connectivity index (χ3v) is 3.29. The molecule has 0 aliphatic heterocycles. The van der Waals surface area contributed by atoms with Gasteiger partial charge in [-0.25, -0.2) is 0 Å². The molecular weight excluding hydrogens is 419 g/mol. The lowest BCUT2D eigenvalue weighted by Crippen LogP contribution is -1.80. The fourth-order valence-electron chi connectivity index (χ4n) is 1.16. The van der Waals surface area contributed by atoms with Crippen molar-refractivity contribution in [3.05, 3.63) is 56.6 Å². The second-order valence-electron chi connectivity index (χ2n) is 3.32. The highest BCUT2D eigenvalue weighted by atomic mass is 127. The number of benzene rings is 2. The van der Waals surface area contributed by atoms with Crippen LogP contribution in [0.4, 0.5) is 0 Å². The third-order valence-electron chi connectivity index (χ3n) is 2.08. The molecule has 0 amide bonds. The lowest BCUT2D eigenvalue weighted by atomic mass is 10.3. The molecule has 4 heteroatoms. The Kier molecular flexibility index (Phi) is 9.69. The van der Waals surface area contributed by atoms with Gasteiger partial charge >= 0.3 is 0 Å². The quantitative estimate of drug-likeness (QED) is 0.587. The second-order valence-corrected chi connectivity index (χ2v) is 5.48. The van der Waals surface area contributed by atoms with Gasteiger partial charge in [0.05, 0.1) is 14.2 Å². The van der Waals surface area contributed by atoms with Crippen LogP contribution in [0.1, 0.15) is 7.43 Å². The standard InChI is InChI=1S/C7H7BrO.C7H7IO.CH4/c1-9-7-4-2-3-6(8)5-7;1-9-7-4-2-6(8)3-5-7;/h2*2-5H,1H3;1H4. The van der Waals surface area contributed by atoms with Crippen LogP contribution in [0.25, 0.3) is 0 Å². The van der Waals surface area contributed by atoms with Gasteiger partial charge in [0.2, 0.25) is 0 Å². The normalized spacial score (nSPS) is 8.63. The molecule has 0 unspecified atom stereocenters. The van der Waals surface area contributed by atoms with Gasteiger partial charge < -0.3 is 9.47 Å². The van der Waals surface area contributed by atoms with E-state index in [2.05, 4.69) is 38.5 Å². The zero-order valence-electron chi connectivity index (χ0n) is 10.2. The smallest absolute Gasteiger partial charge is 0.119 e. The molecule has 0 aliphatic carbocycles. The lowest BCUT2D eigenvalue weighted by molar-refractivity contribution is 0.414. The maximum absolute atomic E-state index is 4.97. The zero-order valence-corrected chi connectivity index (χ0v) is 13.9. The summed E-state index contributed by atoms with van der Waals surface area (Å²) in [5.41, 5.74) is 0. The molecule has 0 spiro atoms. The molecular formula is C15H18BrIO2. The first-order valence-corrected chi connectivity index (χ1v) is 7.12. The van der Waals surface area contributed by atoms with Crippen molar-refractivity contribution >= 4 is 38.5 Å². The Morgan fingerprint density at radius 2 is 1.47 bits per heavy atom. The summed E-state index contributed by atoms with van der Waals surface area (Å²) >= 11 is 5.58. The fraction of sp³-hybridized carbons (Fsp3) is 0.200. The summed E-state index contributed by atoms with van der Waals surface area (Å²) in [4.78, 5) is 0. The van der Waals surface area contributed by atoms with E-state index in [1.165, 1.54) is 3.57 Å². The highest BCUT2D eigenvalue weighted by molar-refractivity contribution is 14.1. The van der Waals surface area contributed by atoms with Crippen LogP contribution in [-0.2, 0) is 0 Å². The number of hydrogen-bond donors (Lipinski definition) is 0. The van der Waals surface area contributed by atoms with Gasteiger partial charge in [0.1, 0.15) is 11.5 Å². The molecule has 2 rings (SSSR count). The van der Waals surface area contributed by atoms with E-state index in [9.17, 15) is 0 Å². The second kappa shape index (κ2) is 10.1. The molecule has 0 saturated carbocycles. The summed E-state index contributed by atoms with van der Waals surface area (Å²) in [6.45, 7) is 0. The molecule has 0 atom stereocenters. The predicted molar refractivity (Wildman–Crippen MR) is 93.1 cm³/mol. The first-order chi connectivity index (χ1) is 8.65. The van der Waals surface area contributed by atoms with E-state index in [1.807, 2.05) is 48.5 Å². The predicted octanol–water partition coefficient (Wildman–Crippen LogP) is 5.39. The number of methoxy groups -OCH3 is 2. The molecule has 0 heterocycles. The van der Waals surface area contributed by atoms with Crippen molar-refractivity contribution < 1.29 is 9.47 Å². The largest absolute Gasteiger partial charge is 0.497 e. The molecule has 2 aromatic carbocycles. The van der Waals surface area contributed by atoms with Crippen LogP contribution < -0.4 is 9.47 Å². The van der Waals surface area contributed by atoms with Crippen LogP contribution >= 0.6 is 38.5 Å². The molecule has 0 aliphatic rings. The summed E-state index contributed by atoms with van der Waals surface area (Å²) in [5, 5.41) is 0. The van der Waals surface area contributed by atoms with Gasteiger partial charge in [-0.2, -0.15) is 0 Å². The Morgan fingerprint density at radius 3 is 1.89 bits per heavy atom. The first-order valence-electron chi connectivity index (χ1n) is 5.25. The van der Waals surface area contributed by atoms with E-state index in [4.69, 9.17) is 9.47 Å². The third kappa shape index (κ3) is 7.42. The van der Waals surface area contributed by atoms with E-state index in [0.717, 1.165) is 16.0 Å². The Morgan fingerprint density at radius 1 is 0.895 bits per heavy atom.